The van der Waals surface area contributed by atoms with Crippen LogP contribution in [-0.4, -0.2) is 42.5 Å². The Morgan fingerprint density at radius 2 is 1.93 bits per heavy atom. The average molecular weight is 385 g/mol. The van der Waals surface area contributed by atoms with Gasteiger partial charge >= 0.3 is 0 Å². The van der Waals surface area contributed by atoms with Crippen molar-refractivity contribution in [3.05, 3.63) is 76.0 Å². The topological polar surface area (TPSA) is 82.5 Å². The summed E-state index contributed by atoms with van der Waals surface area (Å²) in [5.74, 6) is -0.902. The highest BCUT2D eigenvalue weighted by Crippen LogP contribution is 2.13. The van der Waals surface area contributed by atoms with Gasteiger partial charge in [0.2, 0.25) is 0 Å². The van der Waals surface area contributed by atoms with E-state index in [9.17, 15) is 14.0 Å². The van der Waals surface area contributed by atoms with Gasteiger partial charge in [0.1, 0.15) is 17.0 Å². The second-order valence-corrected chi connectivity index (χ2v) is 6.10. The van der Waals surface area contributed by atoms with E-state index < -0.39 is 17.8 Å². The maximum Gasteiger partial charge on any atom is 0.265 e. The normalized spacial score (nSPS) is 11.1. The van der Waals surface area contributed by atoms with Crippen LogP contribution in [0.5, 0.6) is 0 Å². The fraction of sp³-hybridized carbons (Fsp3) is 0.250. The third kappa shape index (κ3) is 4.24. The van der Waals surface area contributed by atoms with Crippen LogP contribution in [0.2, 0.25) is 0 Å². The fourth-order valence-electron chi connectivity index (χ4n) is 2.82. The number of methoxy groups -OCH3 is 2. The van der Waals surface area contributed by atoms with E-state index in [2.05, 4.69) is 10.3 Å². The molecule has 0 aliphatic rings. The summed E-state index contributed by atoms with van der Waals surface area (Å²) in [6.45, 7) is 0.251. The molecule has 0 spiro atoms. The fourth-order valence-corrected chi connectivity index (χ4v) is 2.82. The molecular formula is C20H20FN3O4. The minimum Gasteiger partial charge on any atom is -0.354 e. The molecule has 1 amide bonds. The molecule has 1 N–H and O–H groups in total. The first-order valence-corrected chi connectivity index (χ1v) is 8.60. The molecule has 0 atom stereocenters. The number of amides is 1. The molecule has 28 heavy (non-hydrogen) atoms. The Hall–Kier alpha value is -3.10. The molecule has 0 saturated heterocycles. The van der Waals surface area contributed by atoms with E-state index in [1.807, 2.05) is 0 Å². The number of fused-ring (bicyclic) bond motifs is 1. The number of carbonyl (C=O) groups excluding carboxylic acids is 1. The van der Waals surface area contributed by atoms with Gasteiger partial charge in [0.25, 0.3) is 11.5 Å². The Bertz CT molecular complexity index is 1030. The number of hydrogen-bond donors (Lipinski definition) is 1. The number of hydrogen-bond acceptors (Lipinski definition) is 5. The van der Waals surface area contributed by atoms with Gasteiger partial charge in [0, 0.05) is 25.8 Å². The summed E-state index contributed by atoms with van der Waals surface area (Å²) >= 11 is 0. The first kappa shape index (κ1) is 19.7. The Morgan fingerprint density at radius 3 is 2.61 bits per heavy atom. The maximum absolute atomic E-state index is 13.2. The van der Waals surface area contributed by atoms with Crippen molar-refractivity contribution in [1.82, 2.24) is 14.9 Å². The zero-order valence-corrected chi connectivity index (χ0v) is 15.5. The van der Waals surface area contributed by atoms with Gasteiger partial charge in [-0.15, -0.1) is 0 Å². The minimum absolute atomic E-state index is 0.0198. The summed E-state index contributed by atoms with van der Waals surface area (Å²) in [5, 5.41) is 3.28. The molecule has 0 bridgehead atoms. The molecule has 3 rings (SSSR count). The van der Waals surface area contributed by atoms with Crippen LogP contribution in [0.3, 0.4) is 0 Å². The summed E-state index contributed by atoms with van der Waals surface area (Å²) in [4.78, 5) is 29.9. The van der Waals surface area contributed by atoms with Crippen molar-refractivity contribution in [3.8, 4) is 0 Å². The van der Waals surface area contributed by atoms with Crippen LogP contribution < -0.4 is 10.9 Å². The van der Waals surface area contributed by atoms with Crippen molar-refractivity contribution in [2.24, 2.45) is 0 Å². The first-order valence-electron chi connectivity index (χ1n) is 8.60. The van der Waals surface area contributed by atoms with E-state index in [0.29, 0.717) is 16.6 Å². The van der Waals surface area contributed by atoms with Crippen molar-refractivity contribution in [3.63, 3.8) is 0 Å². The Morgan fingerprint density at radius 1 is 1.21 bits per heavy atom. The smallest absolute Gasteiger partial charge is 0.265 e. The minimum atomic E-state index is -0.618. The van der Waals surface area contributed by atoms with Crippen LogP contribution in [0.4, 0.5) is 4.39 Å². The molecule has 146 valence electrons. The lowest BCUT2D eigenvalue weighted by atomic mass is 10.1. The Labute approximate surface area is 160 Å². The zero-order valence-electron chi connectivity index (χ0n) is 15.5. The first-order chi connectivity index (χ1) is 13.5. The predicted molar refractivity (Wildman–Crippen MR) is 102 cm³/mol. The molecule has 1 aromatic carbocycles. The number of halogens is 1. The molecular weight excluding hydrogens is 365 g/mol. The molecule has 3 aromatic rings. The van der Waals surface area contributed by atoms with Gasteiger partial charge in [0.05, 0.1) is 13.1 Å². The SMILES string of the molecule is COC(CNC(=O)c1cc2cccnc2n(Cc2ccc(F)cc2)c1=O)OC. The molecule has 2 aromatic heterocycles. The molecule has 2 heterocycles. The Balaban J connectivity index is 2.00. The highest BCUT2D eigenvalue weighted by atomic mass is 19.1. The van der Waals surface area contributed by atoms with Gasteiger partial charge in [-0.3, -0.25) is 14.2 Å². The van der Waals surface area contributed by atoms with Crippen molar-refractivity contribution in [2.45, 2.75) is 12.8 Å². The maximum atomic E-state index is 13.2. The quantitative estimate of drug-likeness (QED) is 0.629. The van der Waals surface area contributed by atoms with Gasteiger partial charge in [0.15, 0.2) is 6.29 Å². The number of carbonyl (C=O) groups is 1. The van der Waals surface area contributed by atoms with Gasteiger partial charge in [-0.25, -0.2) is 9.37 Å². The third-order valence-electron chi connectivity index (χ3n) is 4.30. The Kier molecular flexibility index (Phi) is 6.13. The van der Waals surface area contributed by atoms with E-state index in [0.717, 1.165) is 0 Å². The van der Waals surface area contributed by atoms with Crippen molar-refractivity contribution >= 4 is 16.9 Å². The summed E-state index contributed by atoms with van der Waals surface area (Å²) in [7, 11) is 2.91. The van der Waals surface area contributed by atoms with E-state index in [1.54, 1.807) is 30.5 Å². The molecule has 7 nitrogen and oxygen atoms in total. The molecule has 0 radical (unpaired) electrons. The lowest BCUT2D eigenvalue weighted by Gasteiger charge is -2.15. The second kappa shape index (κ2) is 8.73. The number of benzene rings is 1. The van der Waals surface area contributed by atoms with Crippen molar-refractivity contribution in [2.75, 3.05) is 20.8 Å². The summed E-state index contributed by atoms with van der Waals surface area (Å²) in [5.41, 5.74) is 0.653. The molecule has 0 saturated carbocycles. The molecule has 8 heteroatoms. The summed E-state index contributed by atoms with van der Waals surface area (Å²) < 4.78 is 24.7. The number of nitrogens with one attached hydrogen (secondary N) is 1. The van der Waals surface area contributed by atoms with E-state index in [4.69, 9.17) is 9.47 Å². The molecule has 0 fully saturated rings. The lowest BCUT2D eigenvalue weighted by molar-refractivity contribution is -0.0974. The monoisotopic (exact) mass is 385 g/mol. The lowest BCUT2D eigenvalue weighted by Crippen LogP contribution is -2.38. The van der Waals surface area contributed by atoms with Crippen LogP contribution in [0, 0.1) is 5.82 Å². The van der Waals surface area contributed by atoms with Gasteiger partial charge in [-0.05, 0) is 35.9 Å². The van der Waals surface area contributed by atoms with Gasteiger partial charge in [-0.2, -0.15) is 0 Å². The van der Waals surface area contributed by atoms with Crippen LogP contribution in [0.1, 0.15) is 15.9 Å². The highest BCUT2D eigenvalue weighted by molar-refractivity contribution is 5.96. The summed E-state index contributed by atoms with van der Waals surface area (Å²) in [6.07, 6.45) is 0.956. The van der Waals surface area contributed by atoms with E-state index in [-0.39, 0.29) is 24.5 Å². The van der Waals surface area contributed by atoms with Crippen molar-refractivity contribution < 1.29 is 18.7 Å². The molecule has 0 unspecified atom stereocenters. The van der Waals surface area contributed by atoms with Crippen LogP contribution in [0.25, 0.3) is 11.0 Å². The van der Waals surface area contributed by atoms with Gasteiger partial charge < -0.3 is 14.8 Å². The number of aromatic nitrogens is 2. The van der Waals surface area contributed by atoms with Crippen LogP contribution in [0.15, 0.2) is 53.5 Å². The second-order valence-electron chi connectivity index (χ2n) is 6.10. The highest BCUT2D eigenvalue weighted by Gasteiger charge is 2.17. The largest absolute Gasteiger partial charge is 0.354 e. The predicted octanol–water partition coefficient (Wildman–Crippen LogP) is 1.93. The number of nitrogens with zero attached hydrogens (tertiary/aromatic N) is 2. The van der Waals surface area contributed by atoms with Crippen molar-refractivity contribution in [1.29, 1.82) is 0 Å². The number of rotatable bonds is 7. The van der Waals surface area contributed by atoms with Crippen LogP contribution in [-0.2, 0) is 16.0 Å². The van der Waals surface area contributed by atoms with E-state index in [1.165, 1.54) is 37.0 Å². The molecule has 0 aliphatic heterocycles. The molecule has 0 aliphatic carbocycles. The standard InChI is InChI=1S/C20H20FN3O4/c1-27-17(28-2)11-23-19(25)16-10-14-4-3-9-22-18(14)24(20(16)26)12-13-5-7-15(21)8-6-13/h3-10,17H,11-12H2,1-2H3,(H,23,25). The van der Waals surface area contributed by atoms with Gasteiger partial charge in [-0.1, -0.05) is 12.1 Å². The average Bonchev–Trinajstić information content (AvgIpc) is 2.72. The zero-order chi connectivity index (χ0) is 20.1. The summed E-state index contributed by atoms with van der Waals surface area (Å²) in [6, 6.07) is 10.8. The number of pyridine rings is 2. The third-order valence-corrected chi connectivity index (χ3v) is 4.30. The van der Waals surface area contributed by atoms with E-state index >= 15 is 0 Å². The number of ether oxygens (including phenoxy) is 2. The van der Waals surface area contributed by atoms with Crippen LogP contribution >= 0.6 is 0 Å².